The highest BCUT2D eigenvalue weighted by molar-refractivity contribution is 9.10. The molecule has 0 saturated heterocycles. The van der Waals surface area contributed by atoms with Crippen molar-refractivity contribution in [2.24, 2.45) is 0 Å². The van der Waals surface area contributed by atoms with Crippen molar-refractivity contribution in [1.29, 1.82) is 0 Å². The van der Waals surface area contributed by atoms with Crippen LogP contribution in [0.1, 0.15) is 32.2 Å². The van der Waals surface area contributed by atoms with Gasteiger partial charge < -0.3 is 9.47 Å². The summed E-state index contributed by atoms with van der Waals surface area (Å²) in [5.41, 5.74) is 2.10. The SMILES string of the molecule is CCn1nc(C)c(Br)c1COCCOC(C)C. The Kier molecular flexibility index (Phi) is 6.16. The molecule has 0 fully saturated rings. The fraction of sp³-hybridized carbons (Fsp3) is 0.750. The van der Waals surface area contributed by atoms with Crippen LogP contribution in [0.2, 0.25) is 0 Å². The van der Waals surface area contributed by atoms with E-state index >= 15 is 0 Å². The number of halogens is 1. The maximum absolute atomic E-state index is 5.59. The highest BCUT2D eigenvalue weighted by Gasteiger charge is 2.11. The smallest absolute Gasteiger partial charge is 0.0897 e. The van der Waals surface area contributed by atoms with E-state index in [9.17, 15) is 0 Å². The second-order valence-electron chi connectivity index (χ2n) is 4.13. The van der Waals surface area contributed by atoms with Crippen LogP contribution in [0.3, 0.4) is 0 Å². The van der Waals surface area contributed by atoms with E-state index in [4.69, 9.17) is 9.47 Å². The van der Waals surface area contributed by atoms with Crippen LogP contribution in [0.5, 0.6) is 0 Å². The van der Waals surface area contributed by atoms with Crippen LogP contribution in [0, 0.1) is 6.92 Å². The Morgan fingerprint density at radius 1 is 1.35 bits per heavy atom. The fourth-order valence-corrected chi connectivity index (χ4v) is 1.92. The van der Waals surface area contributed by atoms with Crippen LogP contribution in [-0.2, 0) is 22.6 Å². The van der Waals surface area contributed by atoms with E-state index < -0.39 is 0 Å². The van der Waals surface area contributed by atoms with Crippen molar-refractivity contribution in [3.8, 4) is 0 Å². The molecule has 5 heteroatoms. The van der Waals surface area contributed by atoms with Crippen molar-refractivity contribution < 1.29 is 9.47 Å². The first-order valence-corrected chi connectivity index (χ1v) is 6.76. The zero-order valence-electron chi connectivity index (χ0n) is 11.0. The van der Waals surface area contributed by atoms with Crippen molar-refractivity contribution >= 4 is 15.9 Å². The molecule has 0 N–H and O–H groups in total. The molecule has 0 amide bonds. The van der Waals surface area contributed by atoms with Gasteiger partial charge in [-0.3, -0.25) is 4.68 Å². The Balaban J connectivity index is 2.41. The van der Waals surface area contributed by atoms with Gasteiger partial charge in [0.1, 0.15) is 0 Å². The molecule has 0 aliphatic heterocycles. The number of aromatic nitrogens is 2. The van der Waals surface area contributed by atoms with Crippen molar-refractivity contribution in [2.75, 3.05) is 13.2 Å². The Labute approximate surface area is 111 Å². The maximum atomic E-state index is 5.59. The van der Waals surface area contributed by atoms with Crippen LogP contribution in [0.15, 0.2) is 4.47 Å². The summed E-state index contributed by atoms with van der Waals surface area (Å²) in [6, 6.07) is 0. The van der Waals surface area contributed by atoms with Crippen molar-refractivity contribution in [2.45, 2.75) is 47.0 Å². The molecule has 0 aromatic carbocycles. The van der Waals surface area contributed by atoms with Crippen LogP contribution >= 0.6 is 15.9 Å². The number of nitrogens with zero attached hydrogens (tertiary/aromatic N) is 2. The van der Waals surface area contributed by atoms with Gasteiger partial charge in [0.2, 0.25) is 0 Å². The zero-order valence-corrected chi connectivity index (χ0v) is 12.6. The molecule has 0 unspecified atom stereocenters. The lowest BCUT2D eigenvalue weighted by atomic mass is 10.4. The molecule has 1 aromatic heterocycles. The third-order valence-electron chi connectivity index (χ3n) is 2.37. The van der Waals surface area contributed by atoms with Gasteiger partial charge in [-0.15, -0.1) is 0 Å². The van der Waals surface area contributed by atoms with Crippen LogP contribution < -0.4 is 0 Å². The van der Waals surface area contributed by atoms with Crippen molar-refractivity contribution in [3.05, 3.63) is 15.9 Å². The first-order chi connectivity index (χ1) is 8.06. The van der Waals surface area contributed by atoms with E-state index in [0.717, 1.165) is 22.4 Å². The standard InChI is InChI=1S/C12H21BrN2O2/c1-5-15-11(12(13)10(4)14-15)8-16-6-7-17-9(2)3/h9H,5-8H2,1-4H3. The molecule has 98 valence electrons. The molecule has 1 heterocycles. The molecule has 0 spiro atoms. The average Bonchev–Trinajstić information content (AvgIpc) is 2.55. The zero-order chi connectivity index (χ0) is 12.8. The van der Waals surface area contributed by atoms with Gasteiger partial charge in [-0.1, -0.05) is 0 Å². The van der Waals surface area contributed by atoms with Gasteiger partial charge in [-0.2, -0.15) is 5.10 Å². The lowest BCUT2D eigenvalue weighted by Crippen LogP contribution is -2.11. The van der Waals surface area contributed by atoms with Crippen molar-refractivity contribution in [3.63, 3.8) is 0 Å². The molecule has 0 aliphatic carbocycles. The van der Waals surface area contributed by atoms with Gasteiger partial charge in [-0.25, -0.2) is 0 Å². The van der Waals surface area contributed by atoms with Gasteiger partial charge >= 0.3 is 0 Å². The van der Waals surface area contributed by atoms with Gasteiger partial charge in [0.25, 0.3) is 0 Å². The number of rotatable bonds is 7. The second-order valence-corrected chi connectivity index (χ2v) is 4.93. The molecular weight excluding hydrogens is 284 g/mol. The van der Waals surface area contributed by atoms with Gasteiger partial charge in [0.05, 0.1) is 41.8 Å². The molecule has 17 heavy (non-hydrogen) atoms. The molecule has 4 nitrogen and oxygen atoms in total. The lowest BCUT2D eigenvalue weighted by Gasteiger charge is -2.09. The minimum atomic E-state index is 0.258. The molecule has 1 aromatic rings. The van der Waals surface area contributed by atoms with Crippen LogP contribution in [-0.4, -0.2) is 29.1 Å². The van der Waals surface area contributed by atoms with E-state index in [-0.39, 0.29) is 6.10 Å². The summed E-state index contributed by atoms with van der Waals surface area (Å²) in [6.45, 7) is 10.8. The number of hydrogen-bond acceptors (Lipinski definition) is 3. The van der Waals surface area contributed by atoms with E-state index in [1.807, 2.05) is 25.5 Å². The quantitative estimate of drug-likeness (QED) is 0.727. The topological polar surface area (TPSA) is 36.3 Å². The molecular formula is C12H21BrN2O2. The molecule has 0 saturated carbocycles. The largest absolute Gasteiger partial charge is 0.376 e. The molecule has 0 atom stereocenters. The highest BCUT2D eigenvalue weighted by atomic mass is 79.9. The van der Waals surface area contributed by atoms with E-state index in [1.165, 1.54) is 0 Å². The third kappa shape index (κ3) is 4.41. The monoisotopic (exact) mass is 304 g/mol. The first-order valence-electron chi connectivity index (χ1n) is 5.97. The van der Waals surface area contributed by atoms with E-state index in [1.54, 1.807) is 0 Å². The minimum Gasteiger partial charge on any atom is -0.376 e. The Morgan fingerprint density at radius 2 is 2.06 bits per heavy atom. The van der Waals surface area contributed by atoms with Gasteiger partial charge in [0, 0.05) is 6.54 Å². The number of hydrogen-bond donors (Lipinski definition) is 0. The molecule has 1 rings (SSSR count). The lowest BCUT2D eigenvalue weighted by molar-refractivity contribution is 0.0126. The Morgan fingerprint density at radius 3 is 2.65 bits per heavy atom. The molecule has 0 bridgehead atoms. The summed E-state index contributed by atoms with van der Waals surface area (Å²) >= 11 is 3.54. The normalized spacial score (nSPS) is 11.4. The number of aryl methyl sites for hydroxylation is 2. The summed E-state index contributed by atoms with van der Waals surface area (Å²) < 4.78 is 14.0. The predicted molar refractivity (Wildman–Crippen MR) is 71.1 cm³/mol. The second kappa shape index (κ2) is 7.13. The number of ether oxygens (including phenoxy) is 2. The average molecular weight is 305 g/mol. The summed E-state index contributed by atoms with van der Waals surface area (Å²) in [5, 5.41) is 4.41. The van der Waals surface area contributed by atoms with Gasteiger partial charge in [-0.05, 0) is 43.6 Å². The first kappa shape index (κ1) is 14.7. The van der Waals surface area contributed by atoms with E-state index in [0.29, 0.717) is 19.8 Å². The van der Waals surface area contributed by atoms with E-state index in [2.05, 4.69) is 28.0 Å². The fourth-order valence-electron chi connectivity index (χ4n) is 1.52. The minimum absolute atomic E-state index is 0.258. The van der Waals surface area contributed by atoms with Crippen LogP contribution in [0.25, 0.3) is 0 Å². The Hall–Kier alpha value is -0.390. The Bertz CT molecular complexity index is 351. The molecule has 0 radical (unpaired) electrons. The summed E-state index contributed by atoms with van der Waals surface area (Å²) in [4.78, 5) is 0. The predicted octanol–water partition coefficient (Wildman–Crippen LogP) is 2.92. The summed E-state index contributed by atoms with van der Waals surface area (Å²) in [5.74, 6) is 0. The maximum Gasteiger partial charge on any atom is 0.0897 e. The van der Waals surface area contributed by atoms with Crippen molar-refractivity contribution in [1.82, 2.24) is 9.78 Å². The molecule has 0 aliphatic rings. The highest BCUT2D eigenvalue weighted by Crippen LogP contribution is 2.21. The summed E-state index contributed by atoms with van der Waals surface area (Å²) in [7, 11) is 0. The van der Waals surface area contributed by atoms with Crippen LogP contribution in [0.4, 0.5) is 0 Å². The summed E-state index contributed by atoms with van der Waals surface area (Å²) in [6.07, 6.45) is 0.258. The van der Waals surface area contributed by atoms with Gasteiger partial charge in [0.15, 0.2) is 0 Å². The third-order valence-corrected chi connectivity index (χ3v) is 3.40.